The maximum atomic E-state index is 12.6. The summed E-state index contributed by atoms with van der Waals surface area (Å²) in [6.45, 7) is 0.295. The third-order valence-corrected chi connectivity index (χ3v) is 5.74. The Morgan fingerprint density at radius 3 is 2.66 bits per heavy atom. The smallest absolute Gasteiger partial charge is 0.493 e. The first-order chi connectivity index (χ1) is 16.9. The lowest BCUT2D eigenvalue weighted by atomic mass is 10.0. The minimum absolute atomic E-state index is 0.0543. The first kappa shape index (κ1) is 22.8. The van der Waals surface area contributed by atoms with Crippen molar-refractivity contribution in [3.05, 3.63) is 75.8 Å². The van der Waals surface area contributed by atoms with E-state index in [4.69, 9.17) is 46.9 Å². The number of carbonyl (C=O) groups is 2. The summed E-state index contributed by atoms with van der Waals surface area (Å²) >= 11 is 12.3. The fourth-order valence-electron chi connectivity index (χ4n) is 3.61. The van der Waals surface area contributed by atoms with Gasteiger partial charge in [-0.3, -0.25) is 10.1 Å². The lowest BCUT2D eigenvalue weighted by Crippen LogP contribution is -2.18. The number of carboxylic acid groups (broad SMARTS) is 1. The van der Waals surface area contributed by atoms with E-state index < -0.39 is 18.2 Å². The molecule has 0 saturated carbocycles. The Hall–Kier alpha value is -3.95. The summed E-state index contributed by atoms with van der Waals surface area (Å²) in [7, 11) is 0. The SMILES string of the molecule is O=C(O)OC1CCOc2cc(Oc3ccc(C(=O)Nc4nc5cc(Cl)ccc5o4)cc3)c(Cl)cc21. The minimum atomic E-state index is -1.37. The highest BCUT2D eigenvalue weighted by molar-refractivity contribution is 6.32. The van der Waals surface area contributed by atoms with Crippen molar-refractivity contribution in [3.8, 4) is 17.2 Å². The predicted octanol–water partition coefficient (Wildman–Crippen LogP) is 6.70. The molecule has 0 bridgehead atoms. The van der Waals surface area contributed by atoms with Crippen LogP contribution in [0.4, 0.5) is 10.8 Å². The molecule has 3 aromatic carbocycles. The van der Waals surface area contributed by atoms with Crippen molar-refractivity contribution in [1.82, 2.24) is 4.98 Å². The van der Waals surface area contributed by atoms with Crippen LogP contribution in [0.1, 0.15) is 28.4 Å². The van der Waals surface area contributed by atoms with E-state index in [1.54, 1.807) is 54.6 Å². The van der Waals surface area contributed by atoms with Crippen LogP contribution in [-0.2, 0) is 4.74 Å². The Balaban J connectivity index is 1.29. The van der Waals surface area contributed by atoms with Crippen molar-refractivity contribution in [2.24, 2.45) is 0 Å². The van der Waals surface area contributed by atoms with E-state index in [0.717, 1.165) is 0 Å². The van der Waals surface area contributed by atoms with Gasteiger partial charge >= 0.3 is 12.2 Å². The highest BCUT2D eigenvalue weighted by Gasteiger charge is 2.27. The van der Waals surface area contributed by atoms with Gasteiger partial charge in [-0.05, 0) is 48.5 Å². The number of ether oxygens (including phenoxy) is 3. The molecule has 1 amide bonds. The third kappa shape index (κ3) is 4.96. The van der Waals surface area contributed by atoms with E-state index in [1.165, 1.54) is 0 Å². The average molecular weight is 515 g/mol. The Morgan fingerprint density at radius 1 is 1.09 bits per heavy atom. The molecule has 2 N–H and O–H groups in total. The molecule has 11 heteroatoms. The molecule has 1 aromatic heterocycles. The zero-order valence-corrected chi connectivity index (χ0v) is 19.3. The van der Waals surface area contributed by atoms with Gasteiger partial charge in [0, 0.05) is 28.6 Å². The molecule has 5 rings (SSSR count). The summed E-state index contributed by atoms with van der Waals surface area (Å²) in [4.78, 5) is 27.7. The van der Waals surface area contributed by atoms with Gasteiger partial charge in [0.05, 0.1) is 11.6 Å². The zero-order chi connectivity index (χ0) is 24.5. The van der Waals surface area contributed by atoms with E-state index in [-0.39, 0.29) is 11.0 Å². The fourth-order valence-corrected chi connectivity index (χ4v) is 3.98. The van der Waals surface area contributed by atoms with Gasteiger partial charge in [-0.2, -0.15) is 4.98 Å². The molecule has 0 fully saturated rings. The maximum Gasteiger partial charge on any atom is 0.506 e. The van der Waals surface area contributed by atoms with Crippen LogP contribution < -0.4 is 14.8 Å². The first-order valence-corrected chi connectivity index (χ1v) is 11.1. The number of hydrogen-bond donors (Lipinski definition) is 2. The quantitative estimate of drug-likeness (QED) is 0.282. The predicted molar refractivity (Wildman–Crippen MR) is 127 cm³/mol. The Bertz CT molecular complexity index is 1440. The second kappa shape index (κ2) is 9.36. The molecule has 0 radical (unpaired) electrons. The topological polar surface area (TPSA) is 120 Å². The van der Waals surface area contributed by atoms with Gasteiger partial charge in [0.15, 0.2) is 5.58 Å². The molecule has 1 aliphatic rings. The van der Waals surface area contributed by atoms with Crippen LogP contribution in [0.2, 0.25) is 10.0 Å². The zero-order valence-electron chi connectivity index (χ0n) is 17.8. The van der Waals surface area contributed by atoms with E-state index in [1.807, 2.05) is 0 Å². The van der Waals surface area contributed by atoms with Crippen LogP contribution in [-0.4, -0.2) is 28.8 Å². The van der Waals surface area contributed by atoms with Crippen molar-refractivity contribution in [3.63, 3.8) is 0 Å². The number of hydrogen-bond acceptors (Lipinski definition) is 7. The first-order valence-electron chi connectivity index (χ1n) is 10.4. The number of rotatable bonds is 5. The Kier molecular flexibility index (Phi) is 6.10. The number of oxazole rings is 1. The van der Waals surface area contributed by atoms with Gasteiger partial charge in [0.25, 0.3) is 5.91 Å². The maximum absolute atomic E-state index is 12.6. The lowest BCUT2D eigenvalue weighted by molar-refractivity contribution is 0.0326. The van der Waals surface area contributed by atoms with Gasteiger partial charge in [0.2, 0.25) is 0 Å². The minimum Gasteiger partial charge on any atom is -0.493 e. The van der Waals surface area contributed by atoms with E-state index >= 15 is 0 Å². The summed E-state index contributed by atoms with van der Waals surface area (Å²) in [5, 5.41) is 12.3. The molecule has 1 aliphatic heterocycles. The second-order valence-electron chi connectivity index (χ2n) is 7.54. The van der Waals surface area contributed by atoms with Crippen molar-refractivity contribution in [2.45, 2.75) is 12.5 Å². The van der Waals surface area contributed by atoms with Crippen LogP contribution in [0, 0.1) is 0 Å². The Morgan fingerprint density at radius 2 is 1.89 bits per heavy atom. The van der Waals surface area contributed by atoms with E-state index in [9.17, 15) is 9.59 Å². The van der Waals surface area contributed by atoms with Gasteiger partial charge < -0.3 is 23.7 Å². The van der Waals surface area contributed by atoms with Gasteiger partial charge in [0.1, 0.15) is 28.9 Å². The summed E-state index contributed by atoms with van der Waals surface area (Å²) in [6, 6.07) is 14.5. The number of benzene rings is 3. The molecule has 35 heavy (non-hydrogen) atoms. The molecule has 178 valence electrons. The van der Waals surface area contributed by atoms with Gasteiger partial charge in [-0.25, -0.2) is 4.79 Å². The fraction of sp³-hybridized carbons (Fsp3) is 0.125. The molecular weight excluding hydrogens is 499 g/mol. The van der Waals surface area contributed by atoms with Crippen molar-refractivity contribution in [1.29, 1.82) is 0 Å². The van der Waals surface area contributed by atoms with Gasteiger partial charge in [-0.15, -0.1) is 0 Å². The molecular formula is C24H16Cl2N2O7. The summed E-state index contributed by atoms with van der Waals surface area (Å²) in [6.07, 6.45) is -1.65. The van der Waals surface area contributed by atoms with E-state index in [0.29, 0.717) is 57.5 Å². The average Bonchev–Trinajstić information content (AvgIpc) is 3.21. The summed E-state index contributed by atoms with van der Waals surface area (Å²) in [5.74, 6) is 0.745. The highest BCUT2D eigenvalue weighted by Crippen LogP contribution is 2.42. The number of nitrogens with zero attached hydrogens (tertiary/aromatic N) is 1. The molecule has 1 unspecified atom stereocenters. The standard InChI is InChI=1S/C24H16Cl2N2O7/c25-13-3-6-19-17(9-13)27-23(34-19)28-22(29)12-1-4-14(5-2-12)33-21-11-20-15(10-16(21)26)18(7-8-32-20)35-24(30)31/h1-6,9-11,18H,7-8H2,(H,30,31)(H,27,28,29). The van der Waals surface area contributed by atoms with E-state index in [2.05, 4.69) is 10.3 Å². The number of amides is 1. The molecule has 0 saturated heterocycles. The van der Waals surface area contributed by atoms with Crippen LogP contribution in [0.5, 0.6) is 17.2 Å². The largest absolute Gasteiger partial charge is 0.506 e. The third-order valence-electron chi connectivity index (χ3n) is 5.21. The normalized spacial score (nSPS) is 14.6. The van der Waals surface area contributed by atoms with Crippen molar-refractivity contribution < 1.29 is 33.3 Å². The number of fused-ring (bicyclic) bond motifs is 2. The molecule has 0 spiro atoms. The van der Waals surface area contributed by atoms with Crippen molar-refractivity contribution >= 4 is 52.4 Å². The number of nitrogens with one attached hydrogen (secondary N) is 1. The molecule has 4 aromatic rings. The number of anilines is 1. The van der Waals surface area contributed by atoms with Crippen LogP contribution >= 0.6 is 23.2 Å². The highest BCUT2D eigenvalue weighted by atomic mass is 35.5. The summed E-state index contributed by atoms with van der Waals surface area (Å²) in [5.41, 5.74) is 1.92. The number of halogens is 2. The number of aromatic nitrogens is 1. The van der Waals surface area contributed by atoms with Crippen LogP contribution in [0.3, 0.4) is 0 Å². The molecule has 0 aliphatic carbocycles. The van der Waals surface area contributed by atoms with Crippen LogP contribution in [0.15, 0.2) is 59.0 Å². The lowest BCUT2D eigenvalue weighted by Gasteiger charge is -2.25. The monoisotopic (exact) mass is 514 g/mol. The Labute approximate surface area is 208 Å². The number of carbonyl (C=O) groups excluding carboxylic acids is 1. The summed E-state index contributed by atoms with van der Waals surface area (Å²) < 4.78 is 21.9. The second-order valence-corrected chi connectivity index (χ2v) is 8.39. The molecule has 9 nitrogen and oxygen atoms in total. The molecule has 1 atom stereocenters. The molecule has 2 heterocycles. The van der Waals surface area contributed by atoms with Crippen LogP contribution in [0.25, 0.3) is 11.1 Å². The van der Waals surface area contributed by atoms with Gasteiger partial charge in [-0.1, -0.05) is 23.2 Å². The van der Waals surface area contributed by atoms with Crippen molar-refractivity contribution in [2.75, 3.05) is 11.9 Å².